The molecule has 2 rings (SSSR count). The van der Waals surface area contributed by atoms with Crippen molar-refractivity contribution in [3.05, 3.63) is 59.3 Å². The number of halogens is 1. The highest BCUT2D eigenvalue weighted by molar-refractivity contribution is 5.78. The van der Waals surface area contributed by atoms with E-state index < -0.39 is 11.5 Å². The highest BCUT2D eigenvalue weighted by atomic mass is 19.1. The number of carbonyl (C=O) groups excluding carboxylic acids is 1. The molecular weight excluding hydrogens is 297 g/mol. The predicted octanol–water partition coefficient (Wildman–Crippen LogP) is 2.93. The summed E-state index contributed by atoms with van der Waals surface area (Å²) in [5, 5.41) is 13.1. The summed E-state index contributed by atoms with van der Waals surface area (Å²) in [6.45, 7) is 5.12. The van der Waals surface area contributed by atoms with E-state index in [1.165, 1.54) is 6.07 Å². The van der Waals surface area contributed by atoms with Gasteiger partial charge in [0.2, 0.25) is 5.91 Å². The summed E-state index contributed by atoms with van der Waals surface area (Å²) in [5.74, 6) is 0.139. The summed E-state index contributed by atoms with van der Waals surface area (Å²) in [6, 6.07) is 9.85. The zero-order chi connectivity index (χ0) is 17.0. The minimum atomic E-state index is -1.29. The molecule has 0 fully saturated rings. The van der Waals surface area contributed by atoms with E-state index in [0.29, 0.717) is 23.5 Å². The van der Waals surface area contributed by atoms with Gasteiger partial charge in [0.1, 0.15) is 22.9 Å². The predicted molar refractivity (Wildman–Crippen MR) is 85.3 cm³/mol. The molecule has 124 valence electrons. The molecule has 0 aliphatic carbocycles. The molecule has 0 saturated carbocycles. The maximum atomic E-state index is 13.6. The molecule has 4 nitrogen and oxygen atoms in total. The summed E-state index contributed by atoms with van der Waals surface area (Å²) < 4.78 is 19.0. The van der Waals surface area contributed by atoms with E-state index in [1.807, 2.05) is 0 Å². The Hall–Kier alpha value is -2.14. The van der Waals surface area contributed by atoms with Crippen LogP contribution in [0.5, 0.6) is 0 Å². The quantitative estimate of drug-likeness (QED) is 0.860. The molecule has 2 N–H and O–H groups in total. The van der Waals surface area contributed by atoms with Gasteiger partial charge in [0, 0.05) is 5.92 Å². The lowest BCUT2D eigenvalue weighted by atomic mass is 9.99. The van der Waals surface area contributed by atoms with Crippen LogP contribution in [0.25, 0.3) is 0 Å². The van der Waals surface area contributed by atoms with E-state index in [0.717, 1.165) is 0 Å². The Bertz CT molecular complexity index is 678. The zero-order valence-electron chi connectivity index (χ0n) is 13.6. The fourth-order valence-corrected chi connectivity index (χ4v) is 2.33. The lowest BCUT2D eigenvalue weighted by Gasteiger charge is -2.22. The van der Waals surface area contributed by atoms with E-state index in [9.17, 15) is 14.3 Å². The second kappa shape index (κ2) is 6.96. The van der Waals surface area contributed by atoms with Crippen molar-refractivity contribution in [3.8, 4) is 0 Å². The molecule has 2 unspecified atom stereocenters. The first kappa shape index (κ1) is 17.2. The molecule has 5 heteroatoms. The van der Waals surface area contributed by atoms with Crippen molar-refractivity contribution < 1.29 is 18.7 Å². The van der Waals surface area contributed by atoms with Crippen molar-refractivity contribution in [2.24, 2.45) is 5.92 Å². The molecule has 0 spiro atoms. The first-order chi connectivity index (χ1) is 10.8. The van der Waals surface area contributed by atoms with Gasteiger partial charge in [-0.1, -0.05) is 25.1 Å². The fraction of sp³-hybridized carbons (Fsp3) is 0.389. The molecular formula is C18H22FNO3. The monoisotopic (exact) mass is 319 g/mol. The van der Waals surface area contributed by atoms with Crippen LogP contribution in [0.2, 0.25) is 0 Å². The minimum Gasteiger partial charge on any atom is -0.463 e. The van der Waals surface area contributed by atoms with Gasteiger partial charge in [-0.15, -0.1) is 0 Å². The van der Waals surface area contributed by atoms with Crippen LogP contribution in [0.3, 0.4) is 0 Å². The molecule has 0 aliphatic rings. The lowest BCUT2D eigenvalue weighted by Crippen LogP contribution is -2.41. The molecule has 2 aromatic rings. The molecule has 23 heavy (non-hydrogen) atoms. The maximum Gasteiger partial charge on any atom is 0.223 e. The summed E-state index contributed by atoms with van der Waals surface area (Å²) in [4.78, 5) is 12.2. The van der Waals surface area contributed by atoms with Gasteiger partial charge in [-0.3, -0.25) is 4.79 Å². The third-order valence-electron chi connectivity index (χ3n) is 3.81. The van der Waals surface area contributed by atoms with Crippen LogP contribution >= 0.6 is 0 Å². The average Bonchev–Trinajstić information content (AvgIpc) is 2.94. The van der Waals surface area contributed by atoms with Gasteiger partial charge in [-0.25, -0.2) is 4.39 Å². The van der Waals surface area contributed by atoms with Gasteiger partial charge < -0.3 is 14.8 Å². The summed E-state index contributed by atoms with van der Waals surface area (Å²) in [6.07, 6.45) is 0.306. The fourth-order valence-electron chi connectivity index (χ4n) is 2.33. The molecule has 0 saturated heterocycles. The number of hydrogen-bond donors (Lipinski definition) is 2. The standard InChI is InChI=1S/C18H22FNO3/c1-12(10-14-6-4-5-7-15(14)19)17(21)20-11-18(3,22)16-9-8-13(2)23-16/h4-9,12,22H,10-11H2,1-3H3,(H,20,21). The second-order valence-corrected chi connectivity index (χ2v) is 6.10. The molecule has 2 atom stereocenters. The molecule has 0 radical (unpaired) electrons. The molecule has 1 aromatic carbocycles. The third kappa shape index (κ3) is 4.42. The van der Waals surface area contributed by atoms with Crippen LogP contribution in [-0.2, 0) is 16.8 Å². The number of carbonyl (C=O) groups is 1. The number of rotatable bonds is 6. The topological polar surface area (TPSA) is 62.5 Å². The Kier molecular flexibility index (Phi) is 5.21. The Labute approximate surface area is 135 Å². The molecule has 1 heterocycles. The van der Waals surface area contributed by atoms with E-state index in [-0.39, 0.29) is 18.3 Å². The van der Waals surface area contributed by atoms with Gasteiger partial charge in [-0.2, -0.15) is 0 Å². The number of hydrogen-bond acceptors (Lipinski definition) is 3. The van der Waals surface area contributed by atoms with Gasteiger partial charge in [0.25, 0.3) is 0 Å². The number of amides is 1. The molecule has 0 aliphatic heterocycles. The Morgan fingerprint density at radius 2 is 2.04 bits per heavy atom. The van der Waals surface area contributed by atoms with Crippen LogP contribution < -0.4 is 5.32 Å². The SMILES string of the molecule is Cc1ccc(C(C)(O)CNC(=O)C(C)Cc2ccccc2F)o1. The van der Waals surface area contributed by atoms with Crippen molar-refractivity contribution in [1.29, 1.82) is 0 Å². The van der Waals surface area contributed by atoms with Gasteiger partial charge in [-0.05, 0) is 44.0 Å². The number of nitrogens with one attached hydrogen (secondary N) is 1. The number of aryl methyl sites for hydroxylation is 1. The third-order valence-corrected chi connectivity index (χ3v) is 3.81. The van der Waals surface area contributed by atoms with Crippen molar-refractivity contribution in [2.45, 2.75) is 32.8 Å². The maximum absolute atomic E-state index is 13.6. The first-order valence-corrected chi connectivity index (χ1v) is 7.60. The van der Waals surface area contributed by atoms with Crippen molar-refractivity contribution >= 4 is 5.91 Å². The van der Waals surface area contributed by atoms with Crippen LogP contribution in [0.4, 0.5) is 4.39 Å². The van der Waals surface area contributed by atoms with Crippen molar-refractivity contribution in [1.82, 2.24) is 5.32 Å². The average molecular weight is 319 g/mol. The van der Waals surface area contributed by atoms with Gasteiger partial charge >= 0.3 is 0 Å². The van der Waals surface area contributed by atoms with Gasteiger partial charge in [0.05, 0.1) is 6.54 Å². The van der Waals surface area contributed by atoms with E-state index in [2.05, 4.69) is 5.32 Å². The minimum absolute atomic E-state index is 0.0282. The number of furan rings is 1. The molecule has 1 amide bonds. The summed E-state index contributed by atoms with van der Waals surface area (Å²) in [7, 11) is 0. The summed E-state index contributed by atoms with van der Waals surface area (Å²) in [5.41, 5.74) is -0.787. The van der Waals surface area contributed by atoms with Crippen molar-refractivity contribution in [2.75, 3.05) is 6.54 Å². The van der Waals surface area contributed by atoms with E-state index in [1.54, 1.807) is 51.1 Å². The second-order valence-electron chi connectivity index (χ2n) is 6.10. The van der Waals surface area contributed by atoms with Crippen LogP contribution in [-0.4, -0.2) is 17.6 Å². The van der Waals surface area contributed by atoms with E-state index in [4.69, 9.17) is 4.42 Å². The van der Waals surface area contributed by atoms with Crippen molar-refractivity contribution in [3.63, 3.8) is 0 Å². The van der Waals surface area contributed by atoms with Gasteiger partial charge in [0.15, 0.2) is 0 Å². The Morgan fingerprint density at radius 1 is 1.35 bits per heavy atom. The smallest absolute Gasteiger partial charge is 0.223 e. The highest BCUT2D eigenvalue weighted by Gasteiger charge is 2.28. The largest absolute Gasteiger partial charge is 0.463 e. The normalized spacial score (nSPS) is 15.0. The zero-order valence-corrected chi connectivity index (χ0v) is 13.6. The van der Waals surface area contributed by atoms with Crippen LogP contribution in [0.15, 0.2) is 40.8 Å². The number of aliphatic hydroxyl groups is 1. The highest BCUT2D eigenvalue weighted by Crippen LogP contribution is 2.22. The lowest BCUT2D eigenvalue weighted by molar-refractivity contribution is -0.125. The molecule has 0 bridgehead atoms. The Morgan fingerprint density at radius 3 is 2.65 bits per heavy atom. The van der Waals surface area contributed by atoms with Crippen LogP contribution in [0.1, 0.15) is 30.9 Å². The first-order valence-electron chi connectivity index (χ1n) is 7.60. The van der Waals surface area contributed by atoms with Crippen LogP contribution in [0, 0.1) is 18.7 Å². The number of benzene rings is 1. The summed E-state index contributed by atoms with van der Waals surface area (Å²) >= 11 is 0. The van der Waals surface area contributed by atoms with E-state index >= 15 is 0 Å². The Balaban J connectivity index is 1.92. The molecule has 1 aromatic heterocycles.